The normalized spacial score (nSPS) is 10.4. The summed E-state index contributed by atoms with van der Waals surface area (Å²) in [6.07, 6.45) is 0. The van der Waals surface area contributed by atoms with Crippen molar-refractivity contribution in [3.63, 3.8) is 0 Å². The van der Waals surface area contributed by atoms with Crippen molar-refractivity contribution in [3.05, 3.63) is 58.1 Å². The second kappa shape index (κ2) is 5.64. The second-order valence-corrected chi connectivity index (χ2v) is 4.92. The molecule has 0 fully saturated rings. The lowest BCUT2D eigenvalue weighted by Gasteiger charge is -2.10. The van der Waals surface area contributed by atoms with Gasteiger partial charge in [0.2, 0.25) is 0 Å². The summed E-state index contributed by atoms with van der Waals surface area (Å²) in [6, 6.07) is 11.6. The predicted octanol–water partition coefficient (Wildman–Crippen LogP) is 5.49. The summed E-state index contributed by atoms with van der Waals surface area (Å²) < 4.78 is 5.77. The molecule has 18 heavy (non-hydrogen) atoms. The number of ether oxygens (including phenoxy) is 1. The minimum atomic E-state index is 0.448. The van der Waals surface area contributed by atoms with E-state index in [1.165, 1.54) is 11.1 Å². The summed E-state index contributed by atoms with van der Waals surface area (Å²) in [5.74, 6) is 1.89. The van der Waals surface area contributed by atoms with Crippen LogP contribution in [0.1, 0.15) is 16.7 Å². The van der Waals surface area contributed by atoms with Gasteiger partial charge in [0.15, 0.2) is 0 Å². The van der Waals surface area contributed by atoms with Crippen molar-refractivity contribution in [2.75, 3.05) is 0 Å². The minimum absolute atomic E-state index is 0.448. The van der Waals surface area contributed by atoms with Crippen LogP contribution < -0.4 is 4.74 Å². The highest BCUT2D eigenvalue weighted by Gasteiger charge is 2.05. The van der Waals surface area contributed by atoms with E-state index in [-0.39, 0.29) is 0 Å². The molecule has 0 N–H and O–H groups in total. The van der Waals surface area contributed by atoms with E-state index in [1.54, 1.807) is 0 Å². The van der Waals surface area contributed by atoms with Gasteiger partial charge >= 0.3 is 0 Å². The fraction of sp³-hybridized carbons (Fsp3) is 0.200. The van der Waals surface area contributed by atoms with E-state index in [9.17, 15) is 0 Å². The van der Waals surface area contributed by atoms with Crippen LogP contribution in [0.5, 0.6) is 11.5 Å². The van der Waals surface area contributed by atoms with Crippen LogP contribution in [-0.4, -0.2) is 0 Å². The SMILES string of the molecule is Cc1ccc(Oc2ccc(CCl)cc2Cl)cc1C. The zero-order valence-electron chi connectivity index (χ0n) is 10.3. The van der Waals surface area contributed by atoms with Crippen molar-refractivity contribution >= 4 is 23.2 Å². The molecule has 0 saturated heterocycles. The maximum atomic E-state index is 6.15. The average molecular weight is 281 g/mol. The Morgan fingerprint density at radius 2 is 1.78 bits per heavy atom. The summed E-state index contributed by atoms with van der Waals surface area (Å²) in [4.78, 5) is 0. The van der Waals surface area contributed by atoms with Gasteiger partial charge in [-0.25, -0.2) is 0 Å². The highest BCUT2D eigenvalue weighted by molar-refractivity contribution is 6.32. The van der Waals surface area contributed by atoms with E-state index >= 15 is 0 Å². The summed E-state index contributed by atoms with van der Waals surface area (Å²) in [6.45, 7) is 4.13. The summed E-state index contributed by atoms with van der Waals surface area (Å²) >= 11 is 11.9. The first-order valence-electron chi connectivity index (χ1n) is 5.69. The lowest BCUT2D eigenvalue weighted by Crippen LogP contribution is -1.88. The Bertz CT molecular complexity index is 564. The highest BCUT2D eigenvalue weighted by Crippen LogP contribution is 2.31. The molecule has 0 aromatic heterocycles. The molecular weight excluding hydrogens is 267 g/mol. The van der Waals surface area contributed by atoms with Crippen LogP contribution in [0.4, 0.5) is 0 Å². The van der Waals surface area contributed by atoms with Gasteiger partial charge in [-0.05, 0) is 54.8 Å². The number of halogens is 2. The van der Waals surface area contributed by atoms with Crippen molar-refractivity contribution in [3.8, 4) is 11.5 Å². The molecular formula is C15H14Cl2O. The van der Waals surface area contributed by atoms with Gasteiger partial charge in [-0.2, -0.15) is 0 Å². The number of alkyl halides is 1. The van der Waals surface area contributed by atoms with Crippen LogP contribution >= 0.6 is 23.2 Å². The third-order valence-electron chi connectivity index (χ3n) is 2.86. The topological polar surface area (TPSA) is 9.23 Å². The molecule has 0 aliphatic carbocycles. The quantitative estimate of drug-likeness (QED) is 0.676. The molecule has 0 atom stereocenters. The fourth-order valence-electron chi connectivity index (χ4n) is 1.61. The minimum Gasteiger partial charge on any atom is -0.456 e. The van der Waals surface area contributed by atoms with E-state index in [0.717, 1.165) is 11.3 Å². The molecule has 0 aliphatic rings. The maximum absolute atomic E-state index is 6.15. The van der Waals surface area contributed by atoms with Crippen LogP contribution in [0.2, 0.25) is 5.02 Å². The van der Waals surface area contributed by atoms with Crippen molar-refractivity contribution < 1.29 is 4.74 Å². The van der Waals surface area contributed by atoms with E-state index in [2.05, 4.69) is 13.8 Å². The highest BCUT2D eigenvalue weighted by atomic mass is 35.5. The van der Waals surface area contributed by atoms with Crippen molar-refractivity contribution in [2.24, 2.45) is 0 Å². The molecule has 0 aliphatic heterocycles. The summed E-state index contributed by atoms with van der Waals surface area (Å²) in [5, 5.41) is 0.575. The van der Waals surface area contributed by atoms with E-state index < -0.39 is 0 Å². The summed E-state index contributed by atoms with van der Waals surface area (Å²) in [7, 11) is 0. The number of rotatable bonds is 3. The molecule has 0 amide bonds. The Morgan fingerprint density at radius 1 is 1.00 bits per heavy atom. The number of benzene rings is 2. The molecule has 94 valence electrons. The van der Waals surface area contributed by atoms with Crippen LogP contribution in [0.25, 0.3) is 0 Å². The molecule has 0 radical (unpaired) electrons. The second-order valence-electron chi connectivity index (χ2n) is 4.25. The van der Waals surface area contributed by atoms with Crippen LogP contribution in [0, 0.1) is 13.8 Å². The van der Waals surface area contributed by atoms with Gasteiger partial charge in [-0.15, -0.1) is 11.6 Å². The maximum Gasteiger partial charge on any atom is 0.146 e. The molecule has 0 saturated carbocycles. The Labute approximate surface area is 117 Å². The molecule has 2 aromatic carbocycles. The fourth-order valence-corrected chi connectivity index (χ4v) is 2.02. The molecule has 1 nitrogen and oxygen atoms in total. The zero-order valence-corrected chi connectivity index (χ0v) is 11.8. The lowest BCUT2D eigenvalue weighted by molar-refractivity contribution is 0.482. The molecule has 0 heterocycles. The van der Waals surface area contributed by atoms with Crippen LogP contribution in [0.15, 0.2) is 36.4 Å². The smallest absolute Gasteiger partial charge is 0.146 e. The van der Waals surface area contributed by atoms with Crippen molar-refractivity contribution in [1.82, 2.24) is 0 Å². The van der Waals surface area contributed by atoms with Gasteiger partial charge in [-0.3, -0.25) is 0 Å². The van der Waals surface area contributed by atoms with Gasteiger partial charge in [-0.1, -0.05) is 23.7 Å². The first kappa shape index (κ1) is 13.3. The van der Waals surface area contributed by atoms with Gasteiger partial charge in [0, 0.05) is 5.88 Å². The van der Waals surface area contributed by atoms with Crippen LogP contribution in [0.3, 0.4) is 0 Å². The van der Waals surface area contributed by atoms with Crippen molar-refractivity contribution in [1.29, 1.82) is 0 Å². The molecule has 0 bridgehead atoms. The molecule has 3 heteroatoms. The van der Waals surface area contributed by atoms with E-state index in [4.69, 9.17) is 27.9 Å². The monoisotopic (exact) mass is 280 g/mol. The van der Waals surface area contributed by atoms with Crippen LogP contribution in [-0.2, 0) is 5.88 Å². The Hall–Kier alpha value is -1.18. The molecule has 2 rings (SSSR count). The molecule has 0 unspecified atom stereocenters. The lowest BCUT2D eigenvalue weighted by atomic mass is 10.1. The third kappa shape index (κ3) is 2.98. The zero-order chi connectivity index (χ0) is 13.1. The Kier molecular flexibility index (Phi) is 4.15. The molecule has 2 aromatic rings. The first-order chi connectivity index (χ1) is 8.60. The Morgan fingerprint density at radius 3 is 2.39 bits per heavy atom. The van der Waals surface area contributed by atoms with Gasteiger partial charge in [0.1, 0.15) is 11.5 Å². The number of hydrogen-bond acceptors (Lipinski definition) is 1. The predicted molar refractivity (Wildman–Crippen MR) is 77.0 cm³/mol. The van der Waals surface area contributed by atoms with Gasteiger partial charge in [0.25, 0.3) is 0 Å². The van der Waals surface area contributed by atoms with Gasteiger partial charge in [0.05, 0.1) is 5.02 Å². The number of aryl methyl sites for hydroxylation is 2. The standard InChI is InChI=1S/C15H14Cl2O/c1-10-3-5-13(7-11(10)2)18-15-6-4-12(9-16)8-14(15)17/h3-8H,9H2,1-2H3. The first-order valence-corrected chi connectivity index (χ1v) is 6.61. The van der Waals surface area contributed by atoms with Crippen molar-refractivity contribution in [2.45, 2.75) is 19.7 Å². The largest absolute Gasteiger partial charge is 0.456 e. The Balaban J connectivity index is 2.25. The third-order valence-corrected chi connectivity index (χ3v) is 3.46. The average Bonchev–Trinajstić information content (AvgIpc) is 2.36. The van der Waals surface area contributed by atoms with Gasteiger partial charge < -0.3 is 4.74 Å². The number of hydrogen-bond donors (Lipinski definition) is 0. The van der Waals surface area contributed by atoms with E-state index in [1.807, 2.05) is 36.4 Å². The van der Waals surface area contributed by atoms with E-state index in [0.29, 0.717) is 16.7 Å². The molecule has 0 spiro atoms. The summed E-state index contributed by atoms with van der Waals surface area (Å²) in [5.41, 5.74) is 3.42.